The van der Waals surface area contributed by atoms with Gasteiger partial charge in [0, 0.05) is 12.1 Å². The molecule has 2 fully saturated rings. The topological polar surface area (TPSA) is 15.3 Å². The third kappa shape index (κ3) is 4.46. The first-order valence-electron chi connectivity index (χ1n) is 8.82. The van der Waals surface area contributed by atoms with Gasteiger partial charge in [0.25, 0.3) is 0 Å². The highest BCUT2D eigenvalue weighted by molar-refractivity contribution is 4.92. The Bertz CT molecular complexity index is 235. The highest BCUT2D eigenvalue weighted by atomic mass is 15.2. The fourth-order valence-corrected chi connectivity index (χ4v) is 4.12. The van der Waals surface area contributed by atoms with Crippen LogP contribution in [0.3, 0.4) is 0 Å². The van der Waals surface area contributed by atoms with Gasteiger partial charge in [-0.05, 0) is 64.1 Å². The lowest BCUT2D eigenvalue weighted by Crippen LogP contribution is -2.54. The molecule has 2 nitrogen and oxygen atoms in total. The Morgan fingerprint density at radius 2 is 1.79 bits per heavy atom. The van der Waals surface area contributed by atoms with Crippen LogP contribution in [0.2, 0.25) is 0 Å². The second-order valence-electron chi connectivity index (χ2n) is 6.69. The van der Waals surface area contributed by atoms with Crippen molar-refractivity contribution in [1.82, 2.24) is 10.2 Å². The minimum absolute atomic E-state index is 0.770. The molecule has 3 atom stereocenters. The van der Waals surface area contributed by atoms with Crippen molar-refractivity contribution in [2.45, 2.75) is 83.7 Å². The molecule has 2 aliphatic rings. The van der Waals surface area contributed by atoms with Crippen LogP contribution in [0.15, 0.2) is 0 Å². The van der Waals surface area contributed by atoms with Gasteiger partial charge >= 0.3 is 0 Å². The zero-order valence-electron chi connectivity index (χ0n) is 13.2. The van der Waals surface area contributed by atoms with E-state index >= 15 is 0 Å². The summed E-state index contributed by atoms with van der Waals surface area (Å²) in [6, 6.07) is 1.60. The van der Waals surface area contributed by atoms with Gasteiger partial charge in [0.15, 0.2) is 0 Å². The first-order chi connectivity index (χ1) is 9.35. The second-order valence-corrected chi connectivity index (χ2v) is 6.69. The van der Waals surface area contributed by atoms with Gasteiger partial charge in [0.2, 0.25) is 0 Å². The van der Waals surface area contributed by atoms with E-state index in [9.17, 15) is 0 Å². The van der Waals surface area contributed by atoms with Crippen molar-refractivity contribution in [3.8, 4) is 0 Å². The van der Waals surface area contributed by atoms with Crippen molar-refractivity contribution in [2.24, 2.45) is 5.92 Å². The van der Waals surface area contributed by atoms with E-state index in [0.717, 1.165) is 18.0 Å². The van der Waals surface area contributed by atoms with Gasteiger partial charge in [-0.1, -0.05) is 33.1 Å². The average Bonchev–Trinajstić information content (AvgIpc) is 2.47. The zero-order valence-corrected chi connectivity index (χ0v) is 13.2. The monoisotopic (exact) mass is 266 g/mol. The maximum Gasteiger partial charge on any atom is 0.0251 e. The first kappa shape index (κ1) is 15.3. The molecule has 0 spiro atoms. The Morgan fingerprint density at radius 1 is 1.00 bits per heavy atom. The lowest BCUT2D eigenvalue weighted by molar-refractivity contribution is 0.0777. The molecule has 2 heteroatoms. The predicted octanol–water partition coefficient (Wildman–Crippen LogP) is 3.81. The lowest BCUT2D eigenvalue weighted by atomic mass is 9.79. The van der Waals surface area contributed by atoms with Crippen molar-refractivity contribution < 1.29 is 0 Å². The molecule has 1 aliphatic heterocycles. The number of hydrogen-bond donors (Lipinski definition) is 1. The number of nitrogens with zero attached hydrogens (tertiary/aromatic N) is 1. The summed E-state index contributed by atoms with van der Waals surface area (Å²) in [5, 5.41) is 3.84. The molecule has 1 heterocycles. The molecular weight excluding hydrogens is 232 g/mol. The molecule has 1 N–H and O–H groups in total. The molecule has 0 bridgehead atoms. The van der Waals surface area contributed by atoms with E-state index in [-0.39, 0.29) is 0 Å². The molecule has 1 saturated heterocycles. The van der Waals surface area contributed by atoms with E-state index in [1.54, 1.807) is 0 Å². The van der Waals surface area contributed by atoms with E-state index in [1.165, 1.54) is 77.4 Å². The molecule has 112 valence electrons. The van der Waals surface area contributed by atoms with E-state index in [4.69, 9.17) is 0 Å². The van der Waals surface area contributed by atoms with Gasteiger partial charge in [0.05, 0.1) is 0 Å². The Morgan fingerprint density at radius 3 is 2.47 bits per heavy atom. The van der Waals surface area contributed by atoms with Gasteiger partial charge in [-0.25, -0.2) is 0 Å². The maximum absolute atomic E-state index is 3.84. The normalized spacial score (nSPS) is 33.5. The summed E-state index contributed by atoms with van der Waals surface area (Å²) in [5.41, 5.74) is 0. The van der Waals surface area contributed by atoms with Crippen LogP contribution in [0, 0.1) is 5.92 Å². The summed E-state index contributed by atoms with van der Waals surface area (Å²) in [6.45, 7) is 8.54. The van der Waals surface area contributed by atoms with Gasteiger partial charge in [-0.3, -0.25) is 4.90 Å². The lowest BCUT2D eigenvalue weighted by Gasteiger charge is -2.44. The van der Waals surface area contributed by atoms with E-state index in [2.05, 4.69) is 24.1 Å². The van der Waals surface area contributed by atoms with Crippen molar-refractivity contribution in [1.29, 1.82) is 0 Å². The van der Waals surface area contributed by atoms with Gasteiger partial charge in [0.1, 0.15) is 0 Å². The smallest absolute Gasteiger partial charge is 0.0251 e. The van der Waals surface area contributed by atoms with E-state index < -0.39 is 0 Å². The third-order valence-electron chi connectivity index (χ3n) is 5.14. The number of likely N-dealkylation sites (tertiary alicyclic amines) is 1. The number of nitrogens with one attached hydrogen (secondary N) is 1. The standard InChI is InChI=1S/C17H34N2/c1-3-8-15-9-10-16(18-11-4-2)17(14-15)19-12-6-5-7-13-19/h15-18H,3-14H2,1-2H3. The summed E-state index contributed by atoms with van der Waals surface area (Å²) in [7, 11) is 0. The minimum atomic E-state index is 0.770. The van der Waals surface area contributed by atoms with Crippen LogP contribution < -0.4 is 5.32 Å². The average molecular weight is 266 g/mol. The van der Waals surface area contributed by atoms with Crippen molar-refractivity contribution >= 4 is 0 Å². The molecule has 1 saturated carbocycles. The van der Waals surface area contributed by atoms with E-state index in [0.29, 0.717) is 0 Å². The Labute approximate surface area is 120 Å². The summed E-state index contributed by atoms with van der Waals surface area (Å²) in [5.74, 6) is 0.997. The van der Waals surface area contributed by atoms with Crippen LogP contribution in [0.5, 0.6) is 0 Å². The molecule has 0 aromatic rings. The van der Waals surface area contributed by atoms with Crippen LogP contribution in [-0.2, 0) is 0 Å². The molecular formula is C17H34N2. The zero-order chi connectivity index (χ0) is 13.5. The molecule has 0 radical (unpaired) electrons. The van der Waals surface area contributed by atoms with Crippen molar-refractivity contribution in [3.63, 3.8) is 0 Å². The number of hydrogen-bond acceptors (Lipinski definition) is 2. The Kier molecular flexibility index (Phi) is 6.66. The number of piperidine rings is 1. The molecule has 0 amide bonds. The molecule has 0 aromatic heterocycles. The van der Waals surface area contributed by atoms with Crippen LogP contribution in [0.25, 0.3) is 0 Å². The molecule has 2 rings (SSSR count). The summed E-state index contributed by atoms with van der Waals surface area (Å²) < 4.78 is 0. The SMILES string of the molecule is CCCNC1CCC(CCC)CC1N1CCCCC1. The Hall–Kier alpha value is -0.0800. The van der Waals surface area contributed by atoms with Crippen LogP contribution >= 0.6 is 0 Å². The quantitative estimate of drug-likeness (QED) is 0.786. The molecule has 0 aromatic carbocycles. The Balaban J connectivity index is 1.93. The summed E-state index contributed by atoms with van der Waals surface area (Å²) >= 11 is 0. The fraction of sp³-hybridized carbons (Fsp3) is 1.00. The van der Waals surface area contributed by atoms with Gasteiger partial charge in [-0.2, -0.15) is 0 Å². The predicted molar refractivity (Wildman–Crippen MR) is 83.5 cm³/mol. The summed E-state index contributed by atoms with van der Waals surface area (Å²) in [6.07, 6.45) is 12.7. The van der Waals surface area contributed by atoms with E-state index in [1.807, 2.05) is 0 Å². The molecule has 1 aliphatic carbocycles. The van der Waals surface area contributed by atoms with Crippen LogP contribution in [-0.4, -0.2) is 36.6 Å². The largest absolute Gasteiger partial charge is 0.312 e. The first-order valence-corrected chi connectivity index (χ1v) is 8.82. The summed E-state index contributed by atoms with van der Waals surface area (Å²) in [4.78, 5) is 2.82. The maximum atomic E-state index is 3.84. The van der Waals surface area contributed by atoms with Crippen molar-refractivity contribution in [3.05, 3.63) is 0 Å². The number of rotatable bonds is 6. The van der Waals surface area contributed by atoms with Crippen LogP contribution in [0.1, 0.15) is 71.6 Å². The molecule has 19 heavy (non-hydrogen) atoms. The van der Waals surface area contributed by atoms with Gasteiger partial charge < -0.3 is 5.32 Å². The highest BCUT2D eigenvalue weighted by Gasteiger charge is 2.33. The fourth-order valence-electron chi connectivity index (χ4n) is 4.12. The highest BCUT2D eigenvalue weighted by Crippen LogP contribution is 2.32. The van der Waals surface area contributed by atoms with Crippen molar-refractivity contribution in [2.75, 3.05) is 19.6 Å². The third-order valence-corrected chi connectivity index (χ3v) is 5.14. The van der Waals surface area contributed by atoms with Gasteiger partial charge in [-0.15, -0.1) is 0 Å². The molecule has 3 unspecified atom stereocenters. The second kappa shape index (κ2) is 8.26. The minimum Gasteiger partial charge on any atom is -0.312 e. The van der Waals surface area contributed by atoms with Crippen LogP contribution in [0.4, 0.5) is 0 Å².